The van der Waals surface area contributed by atoms with Crippen LogP contribution in [0.5, 0.6) is 46.0 Å². The van der Waals surface area contributed by atoms with Crippen LogP contribution in [0.3, 0.4) is 0 Å². The second-order valence-corrected chi connectivity index (χ2v) is 8.41. The fourth-order valence-electron chi connectivity index (χ4n) is 4.00. The van der Waals surface area contributed by atoms with Crippen LogP contribution in [0.15, 0.2) is 72.8 Å². The zero-order chi connectivity index (χ0) is 23.7. The highest BCUT2D eigenvalue weighted by Gasteiger charge is 2.14. The first-order valence-corrected chi connectivity index (χ1v) is 11.1. The summed E-state index contributed by atoms with van der Waals surface area (Å²) in [6, 6.07) is 20.6. The minimum Gasteiger partial charge on any atom is -0.504 e. The Morgan fingerprint density at radius 3 is 0.853 bits per heavy atom. The van der Waals surface area contributed by atoms with E-state index < -0.39 is 0 Å². The van der Waals surface area contributed by atoms with Gasteiger partial charge in [-0.3, -0.25) is 0 Å². The Bertz CT molecular complexity index is 1150. The lowest BCUT2D eigenvalue weighted by Gasteiger charge is -2.14. The van der Waals surface area contributed by atoms with Crippen LogP contribution in [0.1, 0.15) is 22.3 Å². The summed E-state index contributed by atoms with van der Waals surface area (Å²) in [5.41, 5.74) is 3.74. The second kappa shape index (κ2) is 8.90. The molecule has 6 heteroatoms. The molecule has 6 nitrogen and oxygen atoms in total. The summed E-state index contributed by atoms with van der Waals surface area (Å²) < 4.78 is 11.8. The van der Waals surface area contributed by atoms with Gasteiger partial charge >= 0.3 is 0 Å². The standard InChI is InChI=1S/C28H24O6/c29-21-9-5-17-1-2-18-6-10-22(30)26(14-18)34-28-16-20(8-12-24(28)32)4-3-19-7-11-23(31)27(15-19)33-25(21)13-17/h5-16,29-32H,1-4H2. The zero-order valence-corrected chi connectivity index (χ0v) is 18.4. The van der Waals surface area contributed by atoms with Gasteiger partial charge in [0.15, 0.2) is 46.0 Å². The van der Waals surface area contributed by atoms with Crippen LogP contribution in [-0.4, -0.2) is 20.4 Å². The van der Waals surface area contributed by atoms with Crippen molar-refractivity contribution in [3.05, 3.63) is 95.1 Å². The number of phenolic OH excluding ortho intramolecular Hbond substituents is 4. The second-order valence-electron chi connectivity index (χ2n) is 8.41. The summed E-state index contributed by atoms with van der Waals surface area (Å²) in [4.78, 5) is 0. The summed E-state index contributed by atoms with van der Waals surface area (Å²) in [5, 5.41) is 41.3. The number of aryl methyl sites for hydroxylation is 4. The van der Waals surface area contributed by atoms with Gasteiger partial charge in [0, 0.05) is 0 Å². The summed E-state index contributed by atoms with van der Waals surface area (Å²) in [7, 11) is 0. The van der Waals surface area contributed by atoms with Crippen LogP contribution in [0.2, 0.25) is 0 Å². The number of fused-ring (bicyclic) bond motifs is 8. The quantitative estimate of drug-likeness (QED) is 0.260. The van der Waals surface area contributed by atoms with Crippen molar-refractivity contribution in [2.75, 3.05) is 0 Å². The summed E-state index contributed by atoms with van der Waals surface area (Å²) in [5.74, 6) is 1.01. The molecule has 0 aliphatic carbocycles. The van der Waals surface area contributed by atoms with Crippen molar-refractivity contribution in [2.45, 2.75) is 25.7 Å². The maximum atomic E-state index is 10.3. The molecular weight excluding hydrogens is 432 g/mol. The molecule has 172 valence electrons. The lowest BCUT2D eigenvalue weighted by atomic mass is 10.0. The van der Waals surface area contributed by atoms with Gasteiger partial charge in [0.25, 0.3) is 0 Å². The van der Waals surface area contributed by atoms with Crippen molar-refractivity contribution < 1.29 is 29.9 Å². The molecule has 1 aliphatic rings. The van der Waals surface area contributed by atoms with E-state index in [2.05, 4.69) is 0 Å². The van der Waals surface area contributed by atoms with Crippen LogP contribution in [-0.2, 0) is 25.7 Å². The third kappa shape index (κ3) is 4.57. The molecule has 34 heavy (non-hydrogen) atoms. The number of ether oxygens (including phenoxy) is 2. The van der Waals surface area contributed by atoms with E-state index in [1.807, 2.05) is 24.3 Å². The van der Waals surface area contributed by atoms with Crippen molar-refractivity contribution >= 4 is 0 Å². The van der Waals surface area contributed by atoms with Crippen molar-refractivity contribution in [1.29, 1.82) is 0 Å². The Hall–Kier alpha value is -4.32. The molecule has 4 N–H and O–H groups in total. The molecule has 8 bridgehead atoms. The van der Waals surface area contributed by atoms with Gasteiger partial charge in [0.1, 0.15) is 0 Å². The maximum absolute atomic E-state index is 10.3. The monoisotopic (exact) mass is 456 g/mol. The smallest absolute Gasteiger partial charge is 0.169 e. The van der Waals surface area contributed by atoms with Crippen LogP contribution < -0.4 is 9.47 Å². The van der Waals surface area contributed by atoms with Crippen LogP contribution in [0.4, 0.5) is 0 Å². The van der Waals surface area contributed by atoms with E-state index in [1.165, 1.54) is 0 Å². The van der Waals surface area contributed by atoms with E-state index >= 15 is 0 Å². The zero-order valence-electron chi connectivity index (χ0n) is 18.4. The molecule has 1 heterocycles. The number of rotatable bonds is 0. The Balaban J connectivity index is 1.57. The molecular formula is C28H24O6. The average molecular weight is 456 g/mol. The Morgan fingerprint density at radius 2 is 0.618 bits per heavy atom. The molecule has 0 fully saturated rings. The Morgan fingerprint density at radius 1 is 0.382 bits per heavy atom. The number of aromatic hydroxyl groups is 4. The van der Waals surface area contributed by atoms with Gasteiger partial charge in [-0.25, -0.2) is 0 Å². The number of hydrogen-bond donors (Lipinski definition) is 4. The average Bonchev–Trinajstić information content (AvgIpc) is 2.83. The number of hydrogen-bond acceptors (Lipinski definition) is 6. The van der Waals surface area contributed by atoms with Gasteiger partial charge in [0.05, 0.1) is 0 Å². The molecule has 0 radical (unpaired) electrons. The first kappa shape index (κ1) is 21.5. The maximum Gasteiger partial charge on any atom is 0.169 e. The minimum atomic E-state index is -0.0140. The largest absolute Gasteiger partial charge is 0.504 e. The molecule has 5 rings (SSSR count). The summed E-state index contributed by atoms with van der Waals surface area (Å²) in [6.45, 7) is 0. The third-order valence-corrected chi connectivity index (χ3v) is 5.94. The van der Waals surface area contributed by atoms with Gasteiger partial charge in [-0.05, 0) is 96.5 Å². The number of phenols is 4. The van der Waals surface area contributed by atoms with E-state index in [0.717, 1.165) is 22.3 Å². The highest BCUT2D eigenvalue weighted by Crippen LogP contribution is 2.39. The first-order chi connectivity index (χ1) is 16.4. The van der Waals surface area contributed by atoms with Crippen molar-refractivity contribution in [1.82, 2.24) is 0 Å². The van der Waals surface area contributed by atoms with Crippen LogP contribution in [0, 0.1) is 0 Å². The normalized spacial score (nSPS) is 13.2. The van der Waals surface area contributed by atoms with Gasteiger partial charge in [-0.1, -0.05) is 24.3 Å². The summed E-state index contributed by atoms with van der Waals surface area (Å²) >= 11 is 0. The predicted molar refractivity (Wildman–Crippen MR) is 127 cm³/mol. The Kier molecular flexibility index (Phi) is 5.64. The van der Waals surface area contributed by atoms with Gasteiger partial charge in [0.2, 0.25) is 0 Å². The van der Waals surface area contributed by atoms with Gasteiger partial charge in [-0.15, -0.1) is 0 Å². The van der Waals surface area contributed by atoms with Crippen molar-refractivity contribution in [2.24, 2.45) is 0 Å². The molecule has 0 amide bonds. The molecule has 1 aliphatic heterocycles. The highest BCUT2D eigenvalue weighted by atomic mass is 16.5. The van der Waals surface area contributed by atoms with E-state index in [9.17, 15) is 20.4 Å². The van der Waals surface area contributed by atoms with Crippen LogP contribution in [0.25, 0.3) is 0 Å². The van der Waals surface area contributed by atoms with E-state index in [4.69, 9.17) is 9.47 Å². The fourth-order valence-corrected chi connectivity index (χ4v) is 4.00. The SMILES string of the molecule is Oc1ccc2cc1Oc1cc(ccc1O)CCc1ccc(O)c(c1)Oc1cc(ccc1O)CC2. The molecule has 0 atom stereocenters. The first-order valence-electron chi connectivity index (χ1n) is 11.1. The fraction of sp³-hybridized carbons (Fsp3) is 0.143. The van der Waals surface area contributed by atoms with Crippen molar-refractivity contribution in [3.63, 3.8) is 0 Å². The van der Waals surface area contributed by atoms with E-state index in [1.54, 1.807) is 48.5 Å². The predicted octanol–water partition coefficient (Wildman–Crippen LogP) is 5.98. The summed E-state index contributed by atoms with van der Waals surface area (Å²) in [6.07, 6.45) is 2.59. The molecule has 4 aromatic rings. The van der Waals surface area contributed by atoms with Crippen LogP contribution >= 0.6 is 0 Å². The molecule has 4 aromatic carbocycles. The third-order valence-electron chi connectivity index (χ3n) is 5.94. The van der Waals surface area contributed by atoms with Gasteiger partial charge < -0.3 is 29.9 Å². The molecule has 0 saturated carbocycles. The lowest BCUT2D eigenvalue weighted by Crippen LogP contribution is -1.97. The van der Waals surface area contributed by atoms with Crippen molar-refractivity contribution in [3.8, 4) is 46.0 Å². The number of benzene rings is 4. The lowest BCUT2D eigenvalue weighted by molar-refractivity contribution is 0.383. The Labute approximate surface area is 196 Å². The molecule has 0 spiro atoms. The van der Waals surface area contributed by atoms with Gasteiger partial charge in [-0.2, -0.15) is 0 Å². The minimum absolute atomic E-state index is 0.0140. The molecule has 0 unspecified atom stereocenters. The molecule has 0 aromatic heterocycles. The highest BCUT2D eigenvalue weighted by molar-refractivity contribution is 5.51. The topological polar surface area (TPSA) is 99.4 Å². The van der Waals surface area contributed by atoms with E-state index in [0.29, 0.717) is 25.7 Å². The van der Waals surface area contributed by atoms with E-state index in [-0.39, 0.29) is 46.0 Å². The molecule has 0 saturated heterocycles.